The van der Waals surface area contributed by atoms with Crippen molar-refractivity contribution in [2.45, 2.75) is 65.2 Å². The first-order valence-corrected chi connectivity index (χ1v) is 9.82. The van der Waals surface area contributed by atoms with Crippen LogP contribution in [-0.2, 0) is 17.6 Å². The number of ketones is 1. The Morgan fingerprint density at radius 1 is 1.12 bits per heavy atom. The summed E-state index contributed by atoms with van der Waals surface area (Å²) in [5, 5.41) is 6.44. The quantitative estimate of drug-likeness (QED) is 0.698. The van der Waals surface area contributed by atoms with Crippen molar-refractivity contribution >= 4 is 29.8 Å². The minimum atomic E-state index is 0. The summed E-state index contributed by atoms with van der Waals surface area (Å²) in [6, 6.07) is 2.05. The van der Waals surface area contributed by atoms with Gasteiger partial charge >= 0.3 is 0 Å². The van der Waals surface area contributed by atoms with E-state index in [4.69, 9.17) is 0 Å². The SMILES string of the molecule is CCCCCCNCC1CCc2c(C)cc3c(c2C1=O)CCC(=O)N3.Cl. The highest BCUT2D eigenvalue weighted by atomic mass is 35.5. The largest absolute Gasteiger partial charge is 0.326 e. The Bertz CT molecular complexity index is 672. The van der Waals surface area contributed by atoms with Crippen LogP contribution >= 0.6 is 12.4 Å². The number of anilines is 1. The monoisotopic (exact) mass is 378 g/mol. The van der Waals surface area contributed by atoms with Crippen molar-refractivity contribution in [3.8, 4) is 0 Å². The van der Waals surface area contributed by atoms with Gasteiger partial charge in [-0.05, 0) is 61.9 Å². The van der Waals surface area contributed by atoms with Crippen LogP contribution < -0.4 is 10.6 Å². The molecule has 1 unspecified atom stereocenters. The van der Waals surface area contributed by atoms with Gasteiger partial charge in [0, 0.05) is 30.1 Å². The van der Waals surface area contributed by atoms with Crippen LogP contribution in [0.4, 0.5) is 5.69 Å². The first kappa shape index (κ1) is 20.9. The average Bonchev–Trinajstić information content (AvgIpc) is 2.59. The maximum Gasteiger partial charge on any atom is 0.224 e. The molecule has 0 radical (unpaired) electrons. The zero-order chi connectivity index (χ0) is 17.8. The first-order chi connectivity index (χ1) is 12.1. The number of Topliss-reactive ketones (excluding diaryl/α,β-unsaturated/α-hetero) is 1. The van der Waals surface area contributed by atoms with Gasteiger partial charge in [-0.3, -0.25) is 9.59 Å². The van der Waals surface area contributed by atoms with Crippen molar-refractivity contribution in [2.24, 2.45) is 5.92 Å². The third kappa shape index (κ3) is 4.47. The van der Waals surface area contributed by atoms with Crippen molar-refractivity contribution in [3.05, 3.63) is 28.3 Å². The standard InChI is InChI=1S/C21H30N2O2.ClH/c1-3-4-5-6-11-22-13-15-7-8-16-14(2)12-18-17(20(16)21(15)25)9-10-19(24)23-18;/h12,15,22H,3-11,13H2,1-2H3,(H,23,24);1H. The number of halogens is 1. The molecule has 1 aromatic rings. The summed E-state index contributed by atoms with van der Waals surface area (Å²) < 4.78 is 0. The predicted octanol–water partition coefficient (Wildman–Crippen LogP) is 4.22. The molecule has 144 valence electrons. The number of carbonyl (C=O) groups is 2. The van der Waals surface area contributed by atoms with Gasteiger partial charge in [0.05, 0.1) is 0 Å². The van der Waals surface area contributed by atoms with E-state index in [1.54, 1.807) is 0 Å². The summed E-state index contributed by atoms with van der Waals surface area (Å²) in [6.45, 7) is 6.05. The Kier molecular flexibility index (Phi) is 7.66. The van der Waals surface area contributed by atoms with E-state index < -0.39 is 0 Å². The summed E-state index contributed by atoms with van der Waals surface area (Å²) >= 11 is 0. The zero-order valence-electron chi connectivity index (χ0n) is 16.0. The number of amides is 1. The minimum Gasteiger partial charge on any atom is -0.326 e. The van der Waals surface area contributed by atoms with E-state index in [1.165, 1.54) is 31.2 Å². The van der Waals surface area contributed by atoms with E-state index in [0.717, 1.165) is 48.3 Å². The van der Waals surface area contributed by atoms with Crippen molar-refractivity contribution < 1.29 is 9.59 Å². The second-order valence-corrected chi connectivity index (χ2v) is 7.49. The Hall–Kier alpha value is -1.39. The molecule has 4 nitrogen and oxygen atoms in total. The van der Waals surface area contributed by atoms with Gasteiger partial charge in [-0.15, -0.1) is 12.4 Å². The average molecular weight is 379 g/mol. The van der Waals surface area contributed by atoms with Crippen LogP contribution in [0.5, 0.6) is 0 Å². The number of hydrogen-bond acceptors (Lipinski definition) is 3. The molecule has 0 fully saturated rings. The molecule has 5 heteroatoms. The predicted molar refractivity (Wildman–Crippen MR) is 109 cm³/mol. The molecule has 0 bridgehead atoms. The maximum absolute atomic E-state index is 13.1. The second kappa shape index (κ2) is 9.52. The first-order valence-electron chi connectivity index (χ1n) is 9.82. The van der Waals surface area contributed by atoms with E-state index in [-0.39, 0.29) is 30.0 Å². The number of carbonyl (C=O) groups excluding carboxylic acids is 2. The second-order valence-electron chi connectivity index (χ2n) is 7.49. The molecule has 1 atom stereocenters. The van der Waals surface area contributed by atoms with Gasteiger partial charge in [-0.25, -0.2) is 0 Å². The number of hydrogen-bond donors (Lipinski definition) is 2. The third-order valence-electron chi connectivity index (χ3n) is 5.60. The molecular formula is C21H31ClN2O2. The molecule has 1 aliphatic carbocycles. The normalized spacial score (nSPS) is 18.6. The number of nitrogens with one attached hydrogen (secondary N) is 2. The molecule has 2 N–H and O–H groups in total. The van der Waals surface area contributed by atoms with Crippen molar-refractivity contribution in [1.82, 2.24) is 5.32 Å². The molecule has 0 saturated heterocycles. The number of unbranched alkanes of at least 4 members (excludes halogenated alkanes) is 3. The Morgan fingerprint density at radius 3 is 2.69 bits per heavy atom. The molecule has 0 saturated carbocycles. The number of benzene rings is 1. The van der Waals surface area contributed by atoms with Gasteiger partial charge in [0.15, 0.2) is 5.78 Å². The molecule has 1 amide bonds. The molecule has 0 aromatic heterocycles. The van der Waals surface area contributed by atoms with Gasteiger partial charge in [-0.2, -0.15) is 0 Å². The molecule has 0 spiro atoms. The smallest absolute Gasteiger partial charge is 0.224 e. The fourth-order valence-corrected chi connectivity index (χ4v) is 4.15. The molecule has 1 heterocycles. The number of fused-ring (bicyclic) bond motifs is 3. The Balaban J connectivity index is 0.00000243. The number of aryl methyl sites for hydroxylation is 1. The summed E-state index contributed by atoms with van der Waals surface area (Å²) in [5.74, 6) is 0.404. The van der Waals surface area contributed by atoms with Crippen LogP contribution in [0.3, 0.4) is 0 Å². The van der Waals surface area contributed by atoms with Crippen LogP contribution in [0, 0.1) is 12.8 Å². The van der Waals surface area contributed by atoms with Crippen LogP contribution in [0.25, 0.3) is 0 Å². The lowest BCUT2D eigenvalue weighted by Gasteiger charge is -2.30. The molecule has 3 rings (SSSR count). The summed E-state index contributed by atoms with van der Waals surface area (Å²) in [7, 11) is 0. The number of rotatable bonds is 7. The highest BCUT2D eigenvalue weighted by molar-refractivity contribution is 6.05. The lowest BCUT2D eigenvalue weighted by atomic mass is 9.77. The van der Waals surface area contributed by atoms with E-state index in [9.17, 15) is 9.59 Å². The zero-order valence-corrected chi connectivity index (χ0v) is 16.8. The van der Waals surface area contributed by atoms with E-state index >= 15 is 0 Å². The molecule has 1 aliphatic heterocycles. The maximum atomic E-state index is 13.1. The summed E-state index contributed by atoms with van der Waals surface area (Å²) in [6.07, 6.45) is 8.05. The van der Waals surface area contributed by atoms with Crippen molar-refractivity contribution in [2.75, 3.05) is 18.4 Å². The summed E-state index contributed by atoms with van der Waals surface area (Å²) in [4.78, 5) is 24.8. The van der Waals surface area contributed by atoms with Crippen LogP contribution in [-0.4, -0.2) is 24.8 Å². The highest BCUT2D eigenvalue weighted by Crippen LogP contribution is 2.36. The topological polar surface area (TPSA) is 58.2 Å². The third-order valence-corrected chi connectivity index (χ3v) is 5.60. The Labute approximate surface area is 162 Å². The van der Waals surface area contributed by atoms with Crippen LogP contribution in [0.15, 0.2) is 6.07 Å². The van der Waals surface area contributed by atoms with E-state index in [2.05, 4.69) is 24.5 Å². The highest BCUT2D eigenvalue weighted by Gasteiger charge is 2.33. The van der Waals surface area contributed by atoms with Crippen molar-refractivity contribution in [1.29, 1.82) is 0 Å². The molecule has 1 aromatic carbocycles. The van der Waals surface area contributed by atoms with Gasteiger partial charge in [-0.1, -0.05) is 26.2 Å². The van der Waals surface area contributed by atoms with Gasteiger partial charge in [0.1, 0.15) is 0 Å². The molecular weight excluding hydrogens is 348 g/mol. The molecule has 2 aliphatic rings. The van der Waals surface area contributed by atoms with Crippen molar-refractivity contribution in [3.63, 3.8) is 0 Å². The van der Waals surface area contributed by atoms with Gasteiger partial charge < -0.3 is 10.6 Å². The van der Waals surface area contributed by atoms with Crippen LogP contribution in [0.1, 0.15) is 72.5 Å². The van der Waals surface area contributed by atoms with Gasteiger partial charge in [0.25, 0.3) is 0 Å². The minimum absolute atomic E-state index is 0. The van der Waals surface area contributed by atoms with E-state index in [1.807, 2.05) is 6.07 Å². The fraction of sp³-hybridized carbons (Fsp3) is 0.619. The molecule has 26 heavy (non-hydrogen) atoms. The van der Waals surface area contributed by atoms with E-state index in [0.29, 0.717) is 12.8 Å². The Morgan fingerprint density at radius 2 is 1.92 bits per heavy atom. The lowest BCUT2D eigenvalue weighted by Crippen LogP contribution is -2.35. The van der Waals surface area contributed by atoms with Gasteiger partial charge in [0.2, 0.25) is 5.91 Å². The summed E-state index contributed by atoms with van der Waals surface area (Å²) in [5.41, 5.74) is 5.18. The fourth-order valence-electron chi connectivity index (χ4n) is 4.15. The van der Waals surface area contributed by atoms with Crippen LogP contribution in [0.2, 0.25) is 0 Å². The lowest BCUT2D eigenvalue weighted by molar-refractivity contribution is -0.116.